The molecule has 2 aliphatic carbocycles. The van der Waals surface area contributed by atoms with Crippen molar-refractivity contribution in [3.63, 3.8) is 0 Å². The minimum Gasteiger partial charge on any atom is -0.0885 e. The smallest absolute Gasteiger partial charge is 0.0882 e. The second kappa shape index (κ2) is 9.29. The number of halogens is 2. The van der Waals surface area contributed by atoms with Crippen LogP contribution in [0.3, 0.4) is 0 Å². The van der Waals surface area contributed by atoms with Gasteiger partial charge in [-0.2, -0.15) is 0 Å². The van der Waals surface area contributed by atoms with Crippen LogP contribution in [0, 0.1) is 0 Å². The van der Waals surface area contributed by atoms with E-state index in [0.717, 1.165) is 16.5 Å². The molecular weight excluding hydrogens is 503 g/mol. The van der Waals surface area contributed by atoms with E-state index in [1.54, 1.807) is 0 Å². The molecule has 0 N–H and O–H groups in total. The Kier molecular flexibility index (Phi) is 7.35. The monoisotopic (exact) mass is 526 g/mol. The number of hydrogen-bond donors (Lipinski definition) is 0. The van der Waals surface area contributed by atoms with E-state index in [1.807, 2.05) is 0 Å². The summed E-state index contributed by atoms with van der Waals surface area (Å²) in [6.45, 7) is 8.89. The second-order valence-corrected chi connectivity index (χ2v) is 10.8. The summed E-state index contributed by atoms with van der Waals surface area (Å²) in [7, 11) is -0.693. The molecule has 4 rings (SSSR count). The van der Waals surface area contributed by atoms with Gasteiger partial charge in [-0.3, -0.25) is 0 Å². The Labute approximate surface area is 211 Å². The fraction of sp³-hybridized carbons (Fsp3) is 0.231. The average Bonchev–Trinajstić information content (AvgIpc) is 3.09. The summed E-state index contributed by atoms with van der Waals surface area (Å²) in [5.74, 6) is 0. The summed E-state index contributed by atoms with van der Waals surface area (Å²) in [6.07, 6.45) is 0.904. The van der Waals surface area contributed by atoms with Gasteiger partial charge in [0.2, 0.25) is 0 Å². The van der Waals surface area contributed by atoms with Crippen molar-refractivity contribution in [2.75, 3.05) is 0 Å². The largest absolute Gasteiger partial charge is 0.0885 e. The van der Waals surface area contributed by atoms with E-state index in [2.05, 4.69) is 88.4 Å². The minimum atomic E-state index is -0.693. The zero-order chi connectivity index (χ0) is 20.8. The van der Waals surface area contributed by atoms with Gasteiger partial charge in [0, 0.05) is 42.7 Å². The summed E-state index contributed by atoms with van der Waals surface area (Å²) < 4.78 is 0. The summed E-state index contributed by atoms with van der Waals surface area (Å²) >= 11 is 13.7. The van der Waals surface area contributed by atoms with Crippen LogP contribution < -0.4 is 0 Å². The molecule has 0 saturated heterocycles. The molecule has 0 aliphatic heterocycles. The Balaban J connectivity index is 0.00000256. The number of benzene rings is 2. The van der Waals surface area contributed by atoms with Crippen molar-refractivity contribution in [3.05, 3.63) is 115 Å². The maximum Gasteiger partial charge on any atom is 0.0882 e. The van der Waals surface area contributed by atoms with Crippen molar-refractivity contribution in [2.24, 2.45) is 0 Å². The van der Waals surface area contributed by atoms with Gasteiger partial charge in [-0.1, -0.05) is 105 Å². The first-order valence-electron chi connectivity index (χ1n) is 10.1. The Morgan fingerprint density at radius 1 is 0.733 bits per heavy atom. The predicted octanol–water partition coefficient (Wildman–Crippen LogP) is 7.13. The molecule has 0 radical (unpaired) electrons. The van der Waals surface area contributed by atoms with E-state index in [9.17, 15) is 0 Å². The van der Waals surface area contributed by atoms with Gasteiger partial charge >= 0.3 is 0 Å². The SMILES string of the molecule is CC1=C([SiH2]C2=C(C)C(c3ccccc3)(c3ccccc3)C(Cl)=C2C)C(C)=C(Cl)C1.[Zr]. The average molecular weight is 529 g/mol. The first-order chi connectivity index (χ1) is 13.9. The molecule has 0 amide bonds. The van der Waals surface area contributed by atoms with Gasteiger partial charge in [-0.15, -0.1) is 0 Å². The van der Waals surface area contributed by atoms with Gasteiger partial charge in [0.25, 0.3) is 0 Å². The Morgan fingerprint density at radius 2 is 1.23 bits per heavy atom. The zero-order valence-corrected chi connectivity index (χ0v) is 23.3. The second-order valence-electron chi connectivity index (χ2n) is 8.17. The normalized spacial score (nSPS) is 18.9. The van der Waals surface area contributed by atoms with Crippen LogP contribution in [0.15, 0.2) is 103 Å². The quantitative estimate of drug-likeness (QED) is 0.371. The topological polar surface area (TPSA) is 0 Å². The molecule has 0 aromatic heterocycles. The minimum absolute atomic E-state index is 0. The van der Waals surface area contributed by atoms with Crippen molar-refractivity contribution >= 4 is 32.7 Å². The third-order valence-corrected chi connectivity index (χ3v) is 10.6. The Bertz CT molecular complexity index is 1050. The van der Waals surface area contributed by atoms with Crippen LogP contribution in [0.25, 0.3) is 0 Å². The first-order valence-corrected chi connectivity index (χ1v) is 12.3. The van der Waals surface area contributed by atoms with Gasteiger partial charge in [-0.25, -0.2) is 0 Å². The Morgan fingerprint density at radius 3 is 1.67 bits per heavy atom. The molecule has 0 spiro atoms. The molecule has 0 saturated carbocycles. The van der Waals surface area contributed by atoms with Gasteiger partial charge in [0.1, 0.15) is 0 Å². The van der Waals surface area contributed by atoms with Crippen molar-refractivity contribution in [1.29, 1.82) is 0 Å². The third-order valence-electron chi connectivity index (χ3n) is 6.69. The predicted molar refractivity (Wildman–Crippen MR) is 129 cm³/mol. The van der Waals surface area contributed by atoms with Crippen LogP contribution >= 0.6 is 23.2 Å². The van der Waals surface area contributed by atoms with Gasteiger partial charge in [-0.05, 0) is 50.0 Å². The van der Waals surface area contributed by atoms with E-state index in [0.29, 0.717) is 0 Å². The van der Waals surface area contributed by atoms with E-state index in [1.165, 1.54) is 43.8 Å². The van der Waals surface area contributed by atoms with Crippen LogP contribution in [0.2, 0.25) is 0 Å². The third kappa shape index (κ3) is 3.65. The standard InChI is InChI=1S/C26H26Cl2Si.Zr/c1-16-15-22(27)17(2)23(16)29-24-18(3)25(28)26(19(24)4,20-11-7-5-8-12-20)21-13-9-6-10-14-21;/h5-14H,15,29H2,1-4H3;. The Hall–Kier alpha value is -0.920. The summed E-state index contributed by atoms with van der Waals surface area (Å²) in [5, 5.41) is 4.93. The fourth-order valence-corrected chi connectivity index (χ4v) is 8.24. The van der Waals surface area contributed by atoms with Gasteiger partial charge in [0.05, 0.1) is 14.9 Å². The molecule has 0 unspecified atom stereocenters. The van der Waals surface area contributed by atoms with Crippen LogP contribution in [0.5, 0.6) is 0 Å². The van der Waals surface area contributed by atoms with Crippen molar-refractivity contribution in [2.45, 2.75) is 39.5 Å². The molecule has 0 bridgehead atoms. The summed E-state index contributed by atoms with van der Waals surface area (Å²) in [6, 6.07) is 21.4. The van der Waals surface area contributed by atoms with Crippen molar-refractivity contribution < 1.29 is 26.2 Å². The van der Waals surface area contributed by atoms with Gasteiger partial charge < -0.3 is 0 Å². The van der Waals surface area contributed by atoms with E-state index in [-0.39, 0.29) is 26.2 Å². The number of rotatable bonds is 4. The van der Waals surface area contributed by atoms with E-state index < -0.39 is 14.9 Å². The van der Waals surface area contributed by atoms with E-state index in [4.69, 9.17) is 23.2 Å². The maximum atomic E-state index is 7.24. The molecule has 0 atom stereocenters. The van der Waals surface area contributed by atoms with Gasteiger partial charge in [0.15, 0.2) is 0 Å². The van der Waals surface area contributed by atoms with Crippen molar-refractivity contribution in [1.82, 2.24) is 0 Å². The molecule has 0 heterocycles. The fourth-order valence-electron chi connectivity index (χ4n) is 5.00. The zero-order valence-electron chi connectivity index (χ0n) is 17.9. The number of hydrogen-bond acceptors (Lipinski definition) is 0. The first kappa shape index (κ1) is 23.7. The van der Waals surface area contributed by atoms with Crippen LogP contribution in [-0.4, -0.2) is 9.52 Å². The van der Waals surface area contributed by atoms with E-state index >= 15 is 0 Å². The molecule has 152 valence electrons. The molecule has 4 heteroatoms. The molecule has 2 aromatic carbocycles. The molecule has 0 fully saturated rings. The molecule has 30 heavy (non-hydrogen) atoms. The van der Waals surface area contributed by atoms with Crippen LogP contribution in [0.4, 0.5) is 0 Å². The van der Waals surface area contributed by atoms with Crippen molar-refractivity contribution in [3.8, 4) is 0 Å². The maximum absolute atomic E-state index is 7.24. The van der Waals surface area contributed by atoms with Crippen LogP contribution in [-0.2, 0) is 31.6 Å². The summed E-state index contributed by atoms with van der Waals surface area (Å²) in [4.78, 5) is 0. The molecule has 0 nitrogen and oxygen atoms in total. The molecule has 2 aromatic rings. The number of allylic oxidation sites excluding steroid dienone is 8. The molecular formula is C26H26Cl2SiZr. The van der Waals surface area contributed by atoms with Crippen LogP contribution in [0.1, 0.15) is 45.2 Å². The summed E-state index contributed by atoms with van der Waals surface area (Å²) in [5.41, 5.74) is 7.42. The molecule has 2 aliphatic rings.